The van der Waals surface area contributed by atoms with Crippen LogP contribution in [0.25, 0.3) is 0 Å². The predicted octanol–water partition coefficient (Wildman–Crippen LogP) is 2.13. The highest BCUT2D eigenvalue weighted by Gasteiger charge is 2.21. The minimum absolute atomic E-state index is 0.0961. The van der Waals surface area contributed by atoms with Crippen molar-refractivity contribution in [1.29, 1.82) is 5.26 Å². The highest BCUT2D eigenvalue weighted by atomic mass is 16.2. The lowest BCUT2D eigenvalue weighted by atomic mass is 9.95. The first-order valence-electron chi connectivity index (χ1n) is 4.95. The van der Waals surface area contributed by atoms with Crippen LogP contribution in [0.15, 0.2) is 18.2 Å². The molecule has 0 heterocycles. The molecule has 0 aliphatic rings. The Morgan fingerprint density at radius 3 is 2.56 bits per heavy atom. The van der Waals surface area contributed by atoms with E-state index in [0.717, 1.165) is 0 Å². The van der Waals surface area contributed by atoms with Gasteiger partial charge in [-0.3, -0.25) is 4.79 Å². The van der Waals surface area contributed by atoms with Crippen molar-refractivity contribution in [2.75, 3.05) is 11.1 Å². The van der Waals surface area contributed by atoms with Crippen molar-refractivity contribution in [3.8, 4) is 6.07 Å². The van der Waals surface area contributed by atoms with Gasteiger partial charge in [0.25, 0.3) is 0 Å². The molecule has 0 aliphatic heterocycles. The summed E-state index contributed by atoms with van der Waals surface area (Å²) < 4.78 is 0. The number of carbonyl (C=O) groups excluding carboxylic acids is 1. The topological polar surface area (TPSA) is 78.9 Å². The maximum Gasteiger partial charge on any atom is 0.229 e. The molecule has 0 unspecified atom stereocenters. The molecule has 0 spiro atoms. The quantitative estimate of drug-likeness (QED) is 0.707. The summed E-state index contributed by atoms with van der Waals surface area (Å²) in [6.07, 6.45) is 0. The molecule has 1 rings (SSSR count). The van der Waals surface area contributed by atoms with Gasteiger partial charge < -0.3 is 11.1 Å². The van der Waals surface area contributed by atoms with Crippen molar-refractivity contribution >= 4 is 17.3 Å². The van der Waals surface area contributed by atoms with Gasteiger partial charge in [0.1, 0.15) is 6.07 Å². The number of rotatable bonds is 1. The van der Waals surface area contributed by atoms with Crippen LogP contribution in [-0.2, 0) is 4.79 Å². The normalized spacial score (nSPS) is 10.6. The van der Waals surface area contributed by atoms with Gasteiger partial charge in [-0.2, -0.15) is 5.26 Å². The molecule has 0 aromatic heterocycles. The number of anilines is 2. The van der Waals surface area contributed by atoms with Gasteiger partial charge in [0, 0.05) is 16.8 Å². The highest BCUT2D eigenvalue weighted by Crippen LogP contribution is 2.20. The molecular weight excluding hydrogens is 202 g/mol. The Labute approximate surface area is 95.1 Å². The van der Waals surface area contributed by atoms with E-state index in [1.807, 2.05) is 26.8 Å². The molecule has 1 aromatic carbocycles. The molecule has 0 fully saturated rings. The minimum atomic E-state index is -0.464. The van der Waals surface area contributed by atoms with Gasteiger partial charge in [-0.25, -0.2) is 0 Å². The van der Waals surface area contributed by atoms with Gasteiger partial charge in [-0.05, 0) is 18.2 Å². The smallest absolute Gasteiger partial charge is 0.229 e. The minimum Gasteiger partial charge on any atom is -0.398 e. The van der Waals surface area contributed by atoms with Gasteiger partial charge in [0.15, 0.2) is 0 Å². The van der Waals surface area contributed by atoms with E-state index in [2.05, 4.69) is 5.32 Å². The number of nitrogens with one attached hydrogen (secondary N) is 1. The predicted molar refractivity (Wildman–Crippen MR) is 63.7 cm³/mol. The Kier molecular flexibility index (Phi) is 3.19. The Morgan fingerprint density at radius 1 is 1.44 bits per heavy atom. The standard InChI is InChI=1S/C12H15N3O/c1-12(2,3)11(16)15-9-4-5-10(14)8(6-9)7-13/h4-6H,14H2,1-3H3,(H,15,16). The maximum atomic E-state index is 11.7. The molecule has 3 N–H and O–H groups in total. The van der Waals surface area contributed by atoms with Crippen molar-refractivity contribution < 1.29 is 4.79 Å². The lowest BCUT2D eigenvalue weighted by Crippen LogP contribution is -2.27. The fraction of sp³-hybridized carbons (Fsp3) is 0.333. The molecule has 4 nitrogen and oxygen atoms in total. The van der Waals surface area contributed by atoms with Crippen molar-refractivity contribution in [2.24, 2.45) is 5.41 Å². The van der Waals surface area contributed by atoms with Crippen LogP contribution in [0.2, 0.25) is 0 Å². The third kappa shape index (κ3) is 2.74. The molecule has 4 heteroatoms. The molecule has 0 atom stereocenters. The molecule has 0 aliphatic carbocycles. The first-order valence-corrected chi connectivity index (χ1v) is 4.95. The number of carbonyl (C=O) groups is 1. The van der Waals surface area contributed by atoms with Crippen LogP contribution in [0.3, 0.4) is 0 Å². The van der Waals surface area contributed by atoms with E-state index in [1.165, 1.54) is 0 Å². The fourth-order valence-electron chi connectivity index (χ4n) is 1.05. The van der Waals surface area contributed by atoms with E-state index < -0.39 is 5.41 Å². The van der Waals surface area contributed by atoms with E-state index >= 15 is 0 Å². The summed E-state index contributed by atoms with van der Waals surface area (Å²) in [7, 11) is 0. The Bertz CT molecular complexity index is 452. The summed E-state index contributed by atoms with van der Waals surface area (Å²) in [5, 5.41) is 11.5. The highest BCUT2D eigenvalue weighted by molar-refractivity contribution is 5.94. The molecule has 0 radical (unpaired) electrons. The van der Waals surface area contributed by atoms with Crippen LogP contribution >= 0.6 is 0 Å². The van der Waals surface area contributed by atoms with Crippen LogP contribution in [0.5, 0.6) is 0 Å². The van der Waals surface area contributed by atoms with Crippen LogP contribution in [-0.4, -0.2) is 5.91 Å². The largest absolute Gasteiger partial charge is 0.398 e. The summed E-state index contributed by atoms with van der Waals surface area (Å²) >= 11 is 0. The first kappa shape index (κ1) is 12.1. The average molecular weight is 217 g/mol. The van der Waals surface area contributed by atoms with E-state index in [-0.39, 0.29) is 5.91 Å². The second-order valence-corrected chi connectivity index (χ2v) is 4.62. The Balaban J connectivity index is 2.92. The number of hydrogen-bond acceptors (Lipinski definition) is 3. The maximum absolute atomic E-state index is 11.7. The zero-order valence-corrected chi connectivity index (χ0v) is 9.66. The molecule has 0 bridgehead atoms. The zero-order chi connectivity index (χ0) is 12.3. The summed E-state index contributed by atoms with van der Waals surface area (Å²) in [6.45, 7) is 5.47. The summed E-state index contributed by atoms with van der Waals surface area (Å²) in [5.74, 6) is -0.0961. The number of benzene rings is 1. The second-order valence-electron chi connectivity index (χ2n) is 4.62. The third-order valence-corrected chi connectivity index (χ3v) is 2.11. The van der Waals surface area contributed by atoms with Crippen molar-refractivity contribution in [3.05, 3.63) is 23.8 Å². The molecule has 0 saturated heterocycles. The van der Waals surface area contributed by atoms with E-state index in [4.69, 9.17) is 11.0 Å². The molecule has 1 aromatic rings. The SMILES string of the molecule is CC(C)(C)C(=O)Nc1ccc(N)c(C#N)c1. The number of nitriles is 1. The molecular formula is C12H15N3O. The number of hydrogen-bond donors (Lipinski definition) is 2. The molecule has 0 saturated carbocycles. The molecule has 1 amide bonds. The van der Waals surface area contributed by atoms with Crippen LogP contribution in [0, 0.1) is 16.7 Å². The zero-order valence-electron chi connectivity index (χ0n) is 9.66. The van der Waals surface area contributed by atoms with Crippen LogP contribution < -0.4 is 11.1 Å². The number of nitrogens with zero attached hydrogens (tertiary/aromatic N) is 1. The second kappa shape index (κ2) is 4.23. The van der Waals surface area contributed by atoms with E-state index in [0.29, 0.717) is 16.9 Å². The van der Waals surface area contributed by atoms with Gasteiger partial charge in [0.2, 0.25) is 5.91 Å². The number of nitrogen functional groups attached to an aromatic ring is 1. The van der Waals surface area contributed by atoms with Crippen molar-refractivity contribution in [1.82, 2.24) is 0 Å². The number of nitrogens with two attached hydrogens (primary N) is 1. The van der Waals surface area contributed by atoms with Crippen LogP contribution in [0.4, 0.5) is 11.4 Å². The summed E-state index contributed by atoms with van der Waals surface area (Å²) in [4.78, 5) is 11.7. The lowest BCUT2D eigenvalue weighted by Gasteiger charge is -2.17. The van der Waals surface area contributed by atoms with Gasteiger partial charge in [0.05, 0.1) is 5.56 Å². The summed E-state index contributed by atoms with van der Waals surface area (Å²) in [6, 6.07) is 6.83. The first-order chi connectivity index (χ1) is 7.34. The van der Waals surface area contributed by atoms with E-state index in [1.54, 1.807) is 18.2 Å². The Hall–Kier alpha value is -2.02. The van der Waals surface area contributed by atoms with Crippen molar-refractivity contribution in [3.63, 3.8) is 0 Å². The number of amides is 1. The third-order valence-electron chi connectivity index (χ3n) is 2.11. The summed E-state index contributed by atoms with van der Waals surface area (Å²) in [5.41, 5.74) is 6.49. The fourth-order valence-corrected chi connectivity index (χ4v) is 1.05. The van der Waals surface area contributed by atoms with Gasteiger partial charge in [-0.1, -0.05) is 20.8 Å². The van der Waals surface area contributed by atoms with Crippen LogP contribution in [0.1, 0.15) is 26.3 Å². The van der Waals surface area contributed by atoms with Gasteiger partial charge >= 0.3 is 0 Å². The van der Waals surface area contributed by atoms with Crippen molar-refractivity contribution in [2.45, 2.75) is 20.8 Å². The van der Waals surface area contributed by atoms with Gasteiger partial charge in [-0.15, -0.1) is 0 Å². The lowest BCUT2D eigenvalue weighted by molar-refractivity contribution is -0.123. The molecule has 16 heavy (non-hydrogen) atoms. The van der Waals surface area contributed by atoms with E-state index in [9.17, 15) is 4.79 Å². The molecule has 84 valence electrons. The monoisotopic (exact) mass is 217 g/mol. The Morgan fingerprint density at radius 2 is 2.06 bits per heavy atom. The average Bonchev–Trinajstić information content (AvgIpc) is 2.19.